The second-order valence-corrected chi connectivity index (χ2v) is 11.2. The third kappa shape index (κ3) is 2.31. The molecular formula is C20H26O5S2. The van der Waals surface area contributed by atoms with Crippen molar-refractivity contribution >= 4 is 35.5 Å². The summed E-state index contributed by atoms with van der Waals surface area (Å²) < 4.78 is 16.9. The molecule has 2 saturated heterocycles. The van der Waals surface area contributed by atoms with Crippen LogP contribution in [0.1, 0.15) is 38.5 Å². The van der Waals surface area contributed by atoms with E-state index >= 15 is 0 Å². The molecule has 5 aliphatic rings. The Hall–Kier alpha value is -0.660. The molecule has 1 saturated carbocycles. The van der Waals surface area contributed by atoms with Crippen LogP contribution in [0.2, 0.25) is 0 Å². The number of carbonyl (C=O) groups excluding carboxylic acids is 2. The molecule has 0 aromatic rings. The van der Waals surface area contributed by atoms with Crippen molar-refractivity contribution in [2.75, 3.05) is 25.7 Å². The number of methoxy groups -OCH3 is 2. The van der Waals surface area contributed by atoms with Gasteiger partial charge in [-0.05, 0) is 49.2 Å². The predicted molar refractivity (Wildman–Crippen MR) is 104 cm³/mol. The second-order valence-electron chi connectivity index (χ2n) is 8.31. The van der Waals surface area contributed by atoms with Gasteiger partial charge in [0.05, 0.1) is 37.8 Å². The number of thioether (sulfide) groups is 2. The highest BCUT2D eigenvalue weighted by Gasteiger charge is 2.70. The van der Waals surface area contributed by atoms with Gasteiger partial charge in [-0.25, -0.2) is 0 Å². The minimum atomic E-state index is -0.465. The van der Waals surface area contributed by atoms with Gasteiger partial charge in [-0.3, -0.25) is 9.59 Å². The number of ether oxygens (including phenoxy) is 3. The van der Waals surface area contributed by atoms with Gasteiger partial charge >= 0.3 is 11.9 Å². The van der Waals surface area contributed by atoms with E-state index in [9.17, 15) is 9.59 Å². The lowest BCUT2D eigenvalue weighted by atomic mass is 9.71. The minimum Gasteiger partial charge on any atom is -0.469 e. The summed E-state index contributed by atoms with van der Waals surface area (Å²) in [6.07, 6.45) is 5.94. The Balaban J connectivity index is 1.62. The number of carbonyl (C=O) groups is 2. The number of fused-ring (bicyclic) bond motifs is 3. The van der Waals surface area contributed by atoms with Gasteiger partial charge in [0.15, 0.2) is 0 Å². The molecule has 0 unspecified atom stereocenters. The van der Waals surface area contributed by atoms with E-state index in [2.05, 4.69) is 0 Å². The highest BCUT2D eigenvalue weighted by molar-refractivity contribution is 8.21. The number of esters is 2. The third-order valence-electron chi connectivity index (χ3n) is 7.39. The van der Waals surface area contributed by atoms with Crippen molar-refractivity contribution in [2.45, 2.75) is 54.3 Å². The quantitative estimate of drug-likeness (QED) is 0.512. The molecule has 0 aromatic carbocycles. The first-order chi connectivity index (χ1) is 13.1. The Labute approximate surface area is 168 Å². The fourth-order valence-electron chi connectivity index (χ4n) is 6.35. The Kier molecular flexibility index (Phi) is 4.37. The first kappa shape index (κ1) is 18.4. The van der Waals surface area contributed by atoms with Gasteiger partial charge in [0.1, 0.15) is 4.08 Å². The molecule has 5 nitrogen and oxygen atoms in total. The molecule has 0 radical (unpaired) electrons. The van der Waals surface area contributed by atoms with Gasteiger partial charge < -0.3 is 14.2 Å². The summed E-state index contributed by atoms with van der Waals surface area (Å²) in [5.74, 6) is 1.32. The van der Waals surface area contributed by atoms with Gasteiger partial charge in [0.2, 0.25) is 0 Å². The standard InChI is InChI=1S/C20H26O5S2/c1-23-17(21)12-9-14-15(10-13(12)18(22)24-2)20(26-6-7-27-20)19-5-3-4-11(19)8-16(14)25-19/h11-13,16H,3-10H2,1-2H3/t11-,12-,13-,16+,19-/m0/s1. The average molecular weight is 411 g/mol. The van der Waals surface area contributed by atoms with Crippen molar-refractivity contribution in [3.05, 3.63) is 11.1 Å². The SMILES string of the molecule is COC(=O)[C@H]1CC2=C(C[C@@H]1C(=O)OC)C1(SCCS1)[C@]13CCC[C@H]1C[C@H]2O3. The van der Waals surface area contributed by atoms with Crippen molar-refractivity contribution in [3.63, 3.8) is 0 Å². The average Bonchev–Trinajstić information content (AvgIpc) is 3.38. The van der Waals surface area contributed by atoms with Gasteiger partial charge in [0.25, 0.3) is 0 Å². The zero-order valence-corrected chi connectivity index (χ0v) is 17.5. The van der Waals surface area contributed by atoms with Crippen molar-refractivity contribution in [1.82, 2.24) is 0 Å². The van der Waals surface area contributed by atoms with E-state index in [-0.39, 0.29) is 27.7 Å². The van der Waals surface area contributed by atoms with Crippen LogP contribution in [0.4, 0.5) is 0 Å². The van der Waals surface area contributed by atoms with Crippen LogP contribution in [0.3, 0.4) is 0 Å². The summed E-state index contributed by atoms with van der Waals surface area (Å²) in [4.78, 5) is 25.1. The van der Waals surface area contributed by atoms with Gasteiger partial charge in [0, 0.05) is 11.5 Å². The second kappa shape index (κ2) is 6.42. The third-order valence-corrected chi connectivity index (χ3v) is 11.2. The van der Waals surface area contributed by atoms with E-state index in [4.69, 9.17) is 14.2 Å². The summed E-state index contributed by atoms with van der Waals surface area (Å²) in [6, 6.07) is 0. The Morgan fingerprint density at radius 1 is 1.07 bits per heavy atom. The summed E-state index contributed by atoms with van der Waals surface area (Å²) in [5.41, 5.74) is 2.60. The topological polar surface area (TPSA) is 61.8 Å². The summed E-state index contributed by atoms with van der Waals surface area (Å²) >= 11 is 4.05. The highest BCUT2D eigenvalue weighted by Crippen LogP contribution is 2.71. The molecule has 2 spiro atoms. The number of hydrogen-bond donors (Lipinski definition) is 0. The Bertz CT molecular complexity index is 713. The maximum Gasteiger partial charge on any atom is 0.309 e. The molecule has 3 heterocycles. The van der Waals surface area contributed by atoms with E-state index in [0.717, 1.165) is 24.3 Å². The van der Waals surface area contributed by atoms with Crippen molar-refractivity contribution in [2.24, 2.45) is 17.8 Å². The van der Waals surface area contributed by atoms with Gasteiger partial charge in [-0.2, -0.15) is 0 Å². The smallest absolute Gasteiger partial charge is 0.309 e. The van der Waals surface area contributed by atoms with E-state index in [1.54, 1.807) is 0 Å². The van der Waals surface area contributed by atoms with Crippen LogP contribution in [-0.2, 0) is 23.8 Å². The molecule has 7 heteroatoms. The minimum absolute atomic E-state index is 0.0795. The van der Waals surface area contributed by atoms with Crippen LogP contribution in [-0.4, -0.2) is 53.4 Å². The normalized spacial score (nSPS) is 41.4. The summed E-state index contributed by atoms with van der Waals surface area (Å²) in [7, 11) is 2.81. The number of hydrogen-bond acceptors (Lipinski definition) is 7. The summed E-state index contributed by atoms with van der Waals surface area (Å²) in [6.45, 7) is 0. The fourth-order valence-corrected chi connectivity index (χ4v) is 10.3. The molecule has 2 bridgehead atoms. The van der Waals surface area contributed by atoms with Gasteiger partial charge in [-0.1, -0.05) is 6.42 Å². The van der Waals surface area contributed by atoms with Crippen LogP contribution < -0.4 is 0 Å². The molecular weight excluding hydrogens is 384 g/mol. The van der Waals surface area contributed by atoms with Crippen LogP contribution in [0.25, 0.3) is 0 Å². The zero-order valence-electron chi connectivity index (χ0n) is 15.8. The van der Waals surface area contributed by atoms with Crippen LogP contribution in [0, 0.1) is 17.8 Å². The molecule has 2 aliphatic carbocycles. The maximum absolute atomic E-state index is 12.6. The molecule has 5 atom stereocenters. The van der Waals surface area contributed by atoms with E-state index in [0.29, 0.717) is 18.8 Å². The van der Waals surface area contributed by atoms with E-state index in [1.165, 1.54) is 38.2 Å². The molecule has 0 amide bonds. The maximum atomic E-state index is 12.6. The van der Waals surface area contributed by atoms with Crippen LogP contribution in [0.5, 0.6) is 0 Å². The molecule has 5 rings (SSSR count). The molecule has 3 fully saturated rings. The molecule has 0 N–H and O–H groups in total. The first-order valence-corrected chi connectivity index (χ1v) is 11.9. The lowest BCUT2D eigenvalue weighted by molar-refractivity contribution is -0.158. The van der Waals surface area contributed by atoms with Crippen molar-refractivity contribution in [1.29, 1.82) is 0 Å². The lowest BCUT2D eigenvalue weighted by Crippen LogP contribution is -2.56. The van der Waals surface area contributed by atoms with Gasteiger partial charge in [-0.15, -0.1) is 23.5 Å². The molecule has 27 heavy (non-hydrogen) atoms. The molecule has 3 aliphatic heterocycles. The highest BCUT2D eigenvalue weighted by atomic mass is 32.2. The fraction of sp³-hybridized carbons (Fsp3) is 0.800. The number of rotatable bonds is 2. The molecule has 148 valence electrons. The van der Waals surface area contributed by atoms with Crippen LogP contribution in [0.15, 0.2) is 11.1 Å². The predicted octanol–water partition coefficient (Wildman–Crippen LogP) is 3.17. The van der Waals surface area contributed by atoms with E-state index < -0.39 is 11.8 Å². The Morgan fingerprint density at radius 3 is 2.41 bits per heavy atom. The lowest BCUT2D eigenvalue weighted by Gasteiger charge is -2.52. The van der Waals surface area contributed by atoms with Crippen molar-refractivity contribution < 1.29 is 23.8 Å². The zero-order chi connectivity index (χ0) is 18.8. The first-order valence-electron chi connectivity index (χ1n) is 9.90. The summed E-state index contributed by atoms with van der Waals surface area (Å²) in [5, 5.41) is 0. The van der Waals surface area contributed by atoms with Crippen LogP contribution >= 0.6 is 23.5 Å². The largest absolute Gasteiger partial charge is 0.469 e. The van der Waals surface area contributed by atoms with E-state index in [1.807, 2.05) is 23.5 Å². The molecule has 0 aromatic heterocycles. The monoisotopic (exact) mass is 410 g/mol. The Morgan fingerprint density at radius 2 is 1.74 bits per heavy atom. The van der Waals surface area contributed by atoms with Crippen molar-refractivity contribution in [3.8, 4) is 0 Å².